The number of piperidine rings is 1. The molecule has 2 aliphatic heterocycles. The molecule has 1 aromatic heterocycles. The maximum atomic E-state index is 5.77. The average Bonchev–Trinajstić information content (AvgIpc) is 2.84. The zero-order valence-electron chi connectivity index (χ0n) is 10.6. The Morgan fingerprint density at radius 2 is 2.11 bits per heavy atom. The van der Waals surface area contributed by atoms with Crippen LogP contribution in [0.2, 0.25) is 0 Å². The smallest absolute Gasteiger partial charge is 0.136 e. The Bertz CT molecular complexity index is 408. The van der Waals surface area contributed by atoms with Crippen molar-refractivity contribution < 1.29 is 4.42 Å². The van der Waals surface area contributed by atoms with Gasteiger partial charge in [0.25, 0.3) is 0 Å². The third kappa shape index (κ3) is 2.03. The van der Waals surface area contributed by atoms with Gasteiger partial charge in [-0.3, -0.25) is 5.84 Å². The summed E-state index contributed by atoms with van der Waals surface area (Å²) in [7, 11) is 2.26. The molecular weight excluding hydrogens is 294 g/mol. The number of hydrogen-bond donors (Lipinski definition) is 2. The van der Waals surface area contributed by atoms with E-state index < -0.39 is 0 Å². The molecule has 2 aliphatic rings. The van der Waals surface area contributed by atoms with Crippen LogP contribution in [-0.2, 0) is 0 Å². The Balaban J connectivity index is 1.80. The van der Waals surface area contributed by atoms with E-state index in [1.807, 2.05) is 6.07 Å². The predicted octanol–water partition coefficient (Wildman–Crippen LogP) is 2.42. The zero-order valence-corrected chi connectivity index (χ0v) is 12.2. The van der Waals surface area contributed by atoms with Crippen molar-refractivity contribution in [3.05, 3.63) is 22.6 Å². The first-order valence-electron chi connectivity index (χ1n) is 6.61. The fraction of sp³-hybridized carbons (Fsp3) is 0.692. The molecule has 3 heterocycles. The molecule has 0 amide bonds. The summed E-state index contributed by atoms with van der Waals surface area (Å²) >= 11 is 3.53. The van der Waals surface area contributed by atoms with Gasteiger partial charge in [-0.05, 0) is 60.6 Å². The monoisotopic (exact) mass is 313 g/mol. The van der Waals surface area contributed by atoms with Crippen LogP contribution in [0, 0.1) is 5.92 Å². The van der Waals surface area contributed by atoms with E-state index in [0.717, 1.165) is 22.3 Å². The molecule has 3 rings (SSSR count). The third-order valence-corrected chi connectivity index (χ3v) is 5.37. The first kappa shape index (κ1) is 12.7. The molecule has 0 aliphatic carbocycles. The fourth-order valence-corrected chi connectivity index (χ4v) is 4.13. The second-order valence-corrected chi connectivity index (χ2v) is 6.41. The van der Waals surface area contributed by atoms with Crippen molar-refractivity contribution >= 4 is 15.9 Å². The van der Waals surface area contributed by atoms with Crippen LogP contribution in [0.15, 0.2) is 21.2 Å². The summed E-state index contributed by atoms with van der Waals surface area (Å²) in [5.74, 6) is 7.26. The van der Waals surface area contributed by atoms with E-state index in [2.05, 4.69) is 33.3 Å². The minimum absolute atomic E-state index is 0.117. The largest absolute Gasteiger partial charge is 0.466 e. The highest BCUT2D eigenvalue weighted by Crippen LogP contribution is 2.43. The highest BCUT2D eigenvalue weighted by atomic mass is 79.9. The van der Waals surface area contributed by atoms with Crippen LogP contribution in [0.1, 0.15) is 37.5 Å². The van der Waals surface area contributed by atoms with Crippen LogP contribution in [0.4, 0.5) is 0 Å². The molecule has 3 N–H and O–H groups in total. The summed E-state index contributed by atoms with van der Waals surface area (Å²) < 4.78 is 6.60. The van der Waals surface area contributed by atoms with Crippen molar-refractivity contribution in [2.45, 2.75) is 43.8 Å². The summed E-state index contributed by atoms with van der Waals surface area (Å²) in [6.07, 6.45) is 6.78. The molecule has 0 aromatic carbocycles. The number of nitrogens with two attached hydrogens (primary N) is 1. The Labute approximate surface area is 116 Å². The van der Waals surface area contributed by atoms with E-state index >= 15 is 0 Å². The maximum absolute atomic E-state index is 5.77. The lowest BCUT2D eigenvalue weighted by atomic mass is 9.84. The number of nitrogens with one attached hydrogen (secondary N) is 1. The second-order valence-electron chi connectivity index (χ2n) is 5.56. The number of hydrazine groups is 1. The SMILES string of the molecule is CN1C2CCC1CC(C(NN)c1occc1Br)C2. The topological polar surface area (TPSA) is 54.4 Å². The molecule has 5 heteroatoms. The van der Waals surface area contributed by atoms with Crippen LogP contribution < -0.4 is 11.3 Å². The number of furan rings is 1. The Morgan fingerprint density at radius 1 is 1.44 bits per heavy atom. The van der Waals surface area contributed by atoms with Gasteiger partial charge in [-0.1, -0.05) is 0 Å². The summed E-state index contributed by atoms with van der Waals surface area (Å²) in [5.41, 5.74) is 2.96. The van der Waals surface area contributed by atoms with Crippen LogP contribution in [0.25, 0.3) is 0 Å². The summed E-state index contributed by atoms with van der Waals surface area (Å²) in [5, 5.41) is 0. The number of rotatable bonds is 3. The summed E-state index contributed by atoms with van der Waals surface area (Å²) in [6, 6.07) is 3.49. The van der Waals surface area contributed by atoms with Gasteiger partial charge in [0.05, 0.1) is 16.8 Å². The van der Waals surface area contributed by atoms with Gasteiger partial charge in [-0.2, -0.15) is 0 Å². The van der Waals surface area contributed by atoms with Gasteiger partial charge in [0, 0.05) is 12.1 Å². The number of halogens is 1. The van der Waals surface area contributed by atoms with Crippen molar-refractivity contribution in [2.24, 2.45) is 11.8 Å². The normalized spacial score (nSPS) is 33.8. The minimum atomic E-state index is 0.117. The van der Waals surface area contributed by atoms with Crippen molar-refractivity contribution in [1.29, 1.82) is 0 Å². The Morgan fingerprint density at radius 3 is 2.61 bits per heavy atom. The lowest BCUT2D eigenvalue weighted by Gasteiger charge is -2.39. The maximum Gasteiger partial charge on any atom is 0.136 e. The number of fused-ring (bicyclic) bond motifs is 2. The molecule has 4 nitrogen and oxygen atoms in total. The molecule has 3 unspecified atom stereocenters. The highest BCUT2D eigenvalue weighted by Gasteiger charge is 2.42. The van der Waals surface area contributed by atoms with Gasteiger partial charge in [-0.15, -0.1) is 0 Å². The second kappa shape index (κ2) is 4.96. The number of hydrogen-bond acceptors (Lipinski definition) is 4. The Hall–Kier alpha value is -0.360. The molecule has 0 radical (unpaired) electrons. The van der Waals surface area contributed by atoms with Gasteiger partial charge < -0.3 is 9.32 Å². The molecule has 0 spiro atoms. The van der Waals surface area contributed by atoms with Gasteiger partial charge in [-0.25, -0.2) is 5.43 Å². The average molecular weight is 314 g/mol. The summed E-state index contributed by atoms with van der Waals surface area (Å²) in [4.78, 5) is 2.54. The van der Waals surface area contributed by atoms with Gasteiger partial charge in [0.1, 0.15) is 5.76 Å². The van der Waals surface area contributed by atoms with E-state index in [1.165, 1.54) is 25.7 Å². The lowest BCUT2D eigenvalue weighted by molar-refractivity contribution is 0.106. The first-order chi connectivity index (χ1) is 8.70. The van der Waals surface area contributed by atoms with Crippen LogP contribution in [-0.4, -0.2) is 24.0 Å². The molecular formula is C13H20BrN3O. The molecule has 18 heavy (non-hydrogen) atoms. The van der Waals surface area contributed by atoms with E-state index in [-0.39, 0.29) is 6.04 Å². The van der Waals surface area contributed by atoms with Gasteiger partial charge in [0.2, 0.25) is 0 Å². The van der Waals surface area contributed by atoms with Crippen molar-refractivity contribution in [2.75, 3.05) is 7.05 Å². The summed E-state index contributed by atoms with van der Waals surface area (Å²) in [6.45, 7) is 0. The lowest BCUT2D eigenvalue weighted by Crippen LogP contribution is -2.45. The molecule has 0 saturated carbocycles. The molecule has 100 valence electrons. The molecule has 3 atom stereocenters. The van der Waals surface area contributed by atoms with Crippen molar-refractivity contribution in [1.82, 2.24) is 10.3 Å². The van der Waals surface area contributed by atoms with Gasteiger partial charge in [0.15, 0.2) is 0 Å². The third-order valence-electron chi connectivity index (χ3n) is 4.71. The molecule has 2 bridgehead atoms. The number of nitrogens with zero attached hydrogens (tertiary/aromatic N) is 1. The Kier molecular flexibility index (Phi) is 3.49. The molecule has 1 aromatic rings. The zero-order chi connectivity index (χ0) is 12.7. The predicted molar refractivity (Wildman–Crippen MR) is 73.8 cm³/mol. The van der Waals surface area contributed by atoms with E-state index in [1.54, 1.807) is 6.26 Å². The highest BCUT2D eigenvalue weighted by molar-refractivity contribution is 9.10. The van der Waals surface area contributed by atoms with Crippen LogP contribution >= 0.6 is 15.9 Å². The van der Waals surface area contributed by atoms with Crippen molar-refractivity contribution in [3.8, 4) is 0 Å². The molecule has 2 fully saturated rings. The quantitative estimate of drug-likeness (QED) is 0.664. The van der Waals surface area contributed by atoms with E-state index in [4.69, 9.17) is 10.3 Å². The van der Waals surface area contributed by atoms with Crippen LogP contribution in [0.3, 0.4) is 0 Å². The van der Waals surface area contributed by atoms with E-state index in [0.29, 0.717) is 5.92 Å². The minimum Gasteiger partial charge on any atom is -0.466 e. The fourth-order valence-electron chi connectivity index (χ4n) is 3.68. The van der Waals surface area contributed by atoms with Crippen molar-refractivity contribution in [3.63, 3.8) is 0 Å². The first-order valence-corrected chi connectivity index (χ1v) is 7.41. The van der Waals surface area contributed by atoms with Crippen LogP contribution in [0.5, 0.6) is 0 Å². The van der Waals surface area contributed by atoms with E-state index in [9.17, 15) is 0 Å². The molecule has 2 saturated heterocycles. The standard InChI is InChI=1S/C13H20BrN3O/c1-17-9-2-3-10(17)7-8(6-9)12(16-15)13-11(14)4-5-18-13/h4-5,8-10,12,16H,2-3,6-7,15H2,1H3. The van der Waals surface area contributed by atoms with Gasteiger partial charge >= 0.3 is 0 Å².